The lowest BCUT2D eigenvalue weighted by molar-refractivity contribution is 0.113. The van der Waals surface area contributed by atoms with Crippen LogP contribution in [0, 0.1) is 18.3 Å². The number of halogens is 1. The number of aromatic nitrogens is 2. The maximum Gasteiger partial charge on any atom is 0.0847 e. The van der Waals surface area contributed by atoms with Crippen molar-refractivity contribution >= 4 is 11.6 Å². The van der Waals surface area contributed by atoms with E-state index in [1.165, 1.54) is 12.8 Å². The van der Waals surface area contributed by atoms with Crippen molar-refractivity contribution in [2.45, 2.75) is 32.6 Å². The lowest BCUT2D eigenvalue weighted by atomic mass is 9.79. The SMILES string of the molecule is Cc1nn(C)c(CC(CN)(CO)CC2CC2)c1Cl. The highest BCUT2D eigenvalue weighted by Crippen LogP contribution is 2.42. The molecule has 0 amide bonds. The summed E-state index contributed by atoms with van der Waals surface area (Å²) in [4.78, 5) is 0. The van der Waals surface area contributed by atoms with Crippen LogP contribution >= 0.6 is 11.6 Å². The van der Waals surface area contributed by atoms with Crippen LogP contribution in [-0.2, 0) is 13.5 Å². The van der Waals surface area contributed by atoms with Gasteiger partial charge in [0.2, 0.25) is 0 Å². The standard InChI is InChI=1S/C13H22ClN3O/c1-9-12(14)11(17(2)16-9)6-13(7-15,8-18)5-10-3-4-10/h10,18H,3-8,15H2,1-2H3. The van der Waals surface area contributed by atoms with Crippen molar-refractivity contribution in [2.75, 3.05) is 13.2 Å². The van der Waals surface area contributed by atoms with Crippen LogP contribution in [0.4, 0.5) is 0 Å². The topological polar surface area (TPSA) is 64.1 Å². The maximum absolute atomic E-state index is 9.75. The molecule has 0 aliphatic heterocycles. The number of rotatable bonds is 6. The summed E-state index contributed by atoms with van der Waals surface area (Å²) >= 11 is 6.28. The van der Waals surface area contributed by atoms with Gasteiger partial charge in [0, 0.05) is 19.0 Å². The van der Waals surface area contributed by atoms with Gasteiger partial charge in [-0.25, -0.2) is 0 Å². The second-order valence-corrected chi connectivity index (χ2v) is 6.03. The molecule has 1 aromatic heterocycles. The molecule has 1 unspecified atom stereocenters. The summed E-state index contributed by atoms with van der Waals surface area (Å²) in [6.45, 7) is 2.50. The van der Waals surface area contributed by atoms with Crippen molar-refractivity contribution in [1.82, 2.24) is 9.78 Å². The van der Waals surface area contributed by atoms with E-state index in [2.05, 4.69) is 5.10 Å². The summed E-state index contributed by atoms with van der Waals surface area (Å²) in [6, 6.07) is 0. The fourth-order valence-electron chi connectivity index (χ4n) is 2.57. The minimum absolute atomic E-state index is 0.112. The first kappa shape index (κ1) is 13.8. The minimum Gasteiger partial charge on any atom is -0.396 e. The van der Waals surface area contributed by atoms with E-state index in [9.17, 15) is 5.11 Å². The zero-order chi connectivity index (χ0) is 13.3. The Morgan fingerprint density at radius 1 is 1.56 bits per heavy atom. The normalized spacial score (nSPS) is 18.9. The van der Waals surface area contributed by atoms with Crippen LogP contribution in [0.2, 0.25) is 5.02 Å². The van der Waals surface area contributed by atoms with E-state index < -0.39 is 0 Å². The van der Waals surface area contributed by atoms with Gasteiger partial charge in [-0.2, -0.15) is 5.10 Å². The van der Waals surface area contributed by atoms with Crippen LogP contribution in [0.5, 0.6) is 0 Å². The molecular weight excluding hydrogens is 250 g/mol. The molecule has 4 nitrogen and oxygen atoms in total. The van der Waals surface area contributed by atoms with Crippen LogP contribution in [0.3, 0.4) is 0 Å². The van der Waals surface area contributed by atoms with E-state index in [-0.39, 0.29) is 12.0 Å². The van der Waals surface area contributed by atoms with E-state index in [1.807, 2.05) is 18.7 Å². The van der Waals surface area contributed by atoms with E-state index in [0.29, 0.717) is 18.0 Å². The molecule has 2 rings (SSSR count). The van der Waals surface area contributed by atoms with Gasteiger partial charge >= 0.3 is 0 Å². The molecule has 102 valence electrons. The van der Waals surface area contributed by atoms with Crippen molar-refractivity contribution in [1.29, 1.82) is 0 Å². The number of nitrogens with zero attached hydrogens (tertiary/aromatic N) is 2. The molecule has 0 spiro atoms. The van der Waals surface area contributed by atoms with E-state index in [1.54, 1.807) is 0 Å². The van der Waals surface area contributed by atoms with Crippen LogP contribution in [0.15, 0.2) is 0 Å². The van der Waals surface area contributed by atoms with Crippen molar-refractivity contribution in [3.8, 4) is 0 Å². The van der Waals surface area contributed by atoms with Gasteiger partial charge in [-0.15, -0.1) is 0 Å². The predicted molar refractivity (Wildman–Crippen MR) is 72.6 cm³/mol. The molecule has 1 aromatic rings. The highest BCUT2D eigenvalue weighted by Gasteiger charge is 2.37. The van der Waals surface area contributed by atoms with Gasteiger partial charge in [0.05, 0.1) is 23.0 Å². The number of aryl methyl sites for hydroxylation is 2. The predicted octanol–water partition coefficient (Wildman–Crippen LogP) is 1.66. The van der Waals surface area contributed by atoms with E-state index in [4.69, 9.17) is 17.3 Å². The fourth-order valence-corrected chi connectivity index (χ4v) is 2.80. The third kappa shape index (κ3) is 2.71. The molecule has 1 saturated carbocycles. The second kappa shape index (κ2) is 5.19. The van der Waals surface area contributed by atoms with Gasteiger partial charge in [-0.3, -0.25) is 4.68 Å². The summed E-state index contributed by atoms with van der Waals surface area (Å²) < 4.78 is 1.81. The van der Waals surface area contributed by atoms with E-state index in [0.717, 1.165) is 23.7 Å². The maximum atomic E-state index is 9.75. The third-order valence-corrected chi connectivity index (χ3v) is 4.48. The summed E-state index contributed by atoms with van der Waals surface area (Å²) in [5, 5.41) is 14.8. The molecule has 1 aliphatic rings. The summed E-state index contributed by atoms with van der Waals surface area (Å²) in [5.74, 6) is 0.730. The monoisotopic (exact) mass is 271 g/mol. The molecule has 1 atom stereocenters. The minimum atomic E-state index is -0.245. The van der Waals surface area contributed by atoms with Gasteiger partial charge in [0.15, 0.2) is 0 Å². The smallest absolute Gasteiger partial charge is 0.0847 e. The lowest BCUT2D eigenvalue weighted by Crippen LogP contribution is -2.37. The number of hydrogen-bond acceptors (Lipinski definition) is 3. The first-order chi connectivity index (χ1) is 8.51. The molecule has 18 heavy (non-hydrogen) atoms. The Labute approximate surface area is 113 Å². The Morgan fingerprint density at radius 2 is 2.22 bits per heavy atom. The number of aliphatic hydroxyl groups is 1. The van der Waals surface area contributed by atoms with Gasteiger partial charge < -0.3 is 10.8 Å². The highest BCUT2D eigenvalue weighted by atomic mass is 35.5. The van der Waals surface area contributed by atoms with Gasteiger partial charge in [0.25, 0.3) is 0 Å². The summed E-state index contributed by atoms with van der Waals surface area (Å²) in [7, 11) is 1.89. The van der Waals surface area contributed by atoms with Gasteiger partial charge in [-0.05, 0) is 25.7 Å². The average Bonchev–Trinajstić information content (AvgIpc) is 3.13. The molecule has 1 aliphatic carbocycles. The number of aliphatic hydroxyl groups excluding tert-OH is 1. The van der Waals surface area contributed by atoms with Crippen molar-refractivity contribution in [3.05, 3.63) is 16.4 Å². The molecule has 0 radical (unpaired) electrons. The Hall–Kier alpha value is -0.580. The Bertz CT molecular complexity index is 422. The highest BCUT2D eigenvalue weighted by molar-refractivity contribution is 6.31. The Morgan fingerprint density at radius 3 is 2.61 bits per heavy atom. The zero-order valence-corrected chi connectivity index (χ0v) is 11.9. The Balaban J connectivity index is 2.21. The van der Waals surface area contributed by atoms with Crippen LogP contribution in [0.25, 0.3) is 0 Å². The molecule has 1 heterocycles. The number of hydrogen-bond donors (Lipinski definition) is 2. The van der Waals surface area contributed by atoms with Gasteiger partial charge in [-0.1, -0.05) is 24.4 Å². The van der Waals surface area contributed by atoms with Crippen molar-refractivity contribution in [3.63, 3.8) is 0 Å². The molecule has 0 saturated heterocycles. The van der Waals surface area contributed by atoms with Crippen molar-refractivity contribution in [2.24, 2.45) is 24.1 Å². The quantitative estimate of drug-likeness (QED) is 0.827. The number of nitrogens with two attached hydrogens (primary N) is 1. The largest absolute Gasteiger partial charge is 0.396 e. The second-order valence-electron chi connectivity index (χ2n) is 5.66. The zero-order valence-electron chi connectivity index (χ0n) is 11.1. The first-order valence-corrected chi connectivity index (χ1v) is 6.88. The molecule has 1 fully saturated rings. The van der Waals surface area contributed by atoms with Crippen LogP contribution in [-0.4, -0.2) is 28.0 Å². The fraction of sp³-hybridized carbons (Fsp3) is 0.769. The van der Waals surface area contributed by atoms with Crippen LogP contribution in [0.1, 0.15) is 30.7 Å². The lowest BCUT2D eigenvalue weighted by Gasteiger charge is -2.30. The van der Waals surface area contributed by atoms with Crippen LogP contribution < -0.4 is 5.73 Å². The summed E-state index contributed by atoms with van der Waals surface area (Å²) in [5.41, 5.74) is 7.49. The van der Waals surface area contributed by atoms with Crippen molar-refractivity contribution < 1.29 is 5.11 Å². The molecule has 0 aromatic carbocycles. The molecule has 5 heteroatoms. The Kier molecular flexibility index (Phi) is 3.99. The molecular formula is C13H22ClN3O. The summed E-state index contributed by atoms with van der Waals surface area (Å²) in [6.07, 6.45) is 4.22. The van der Waals surface area contributed by atoms with Gasteiger partial charge in [0.1, 0.15) is 0 Å². The average molecular weight is 272 g/mol. The first-order valence-electron chi connectivity index (χ1n) is 6.50. The molecule has 3 N–H and O–H groups in total. The van der Waals surface area contributed by atoms with E-state index >= 15 is 0 Å². The molecule has 0 bridgehead atoms. The third-order valence-electron chi connectivity index (χ3n) is 3.99.